The van der Waals surface area contributed by atoms with Crippen LogP contribution < -0.4 is 14.8 Å². The summed E-state index contributed by atoms with van der Waals surface area (Å²) in [5, 5.41) is 6.38. The van der Waals surface area contributed by atoms with Crippen molar-refractivity contribution in [2.75, 3.05) is 16.6 Å². The molecule has 0 radical (unpaired) electrons. The van der Waals surface area contributed by atoms with Crippen LogP contribution in [-0.4, -0.2) is 26.1 Å². The molecule has 10 heteroatoms. The van der Waals surface area contributed by atoms with Crippen LogP contribution in [0.25, 0.3) is 0 Å². The number of hydrogen-bond donors (Lipinski definition) is 2. The lowest BCUT2D eigenvalue weighted by molar-refractivity contribution is 0.102. The van der Waals surface area contributed by atoms with Gasteiger partial charge in [0.1, 0.15) is 11.5 Å². The van der Waals surface area contributed by atoms with Gasteiger partial charge in [-0.25, -0.2) is 8.42 Å². The number of carbonyl (C=O) groups is 1. The van der Waals surface area contributed by atoms with Crippen LogP contribution in [0.2, 0.25) is 0 Å². The summed E-state index contributed by atoms with van der Waals surface area (Å²) in [7, 11) is -3.84. The Morgan fingerprint density at radius 1 is 1.03 bits per heavy atom. The first-order valence-electron chi connectivity index (χ1n) is 10.6. The summed E-state index contributed by atoms with van der Waals surface area (Å²) >= 11 is 3.46. The van der Waals surface area contributed by atoms with Crippen LogP contribution >= 0.6 is 15.9 Å². The Kier molecular flexibility index (Phi) is 7.52. The maximum atomic E-state index is 12.7. The SMILES string of the molecule is Cc1cc(NS(=O)(=O)c2ccc(NC(=O)c3ccc(OCCc4ccccc4)c(Br)c3)cc2)no1. The largest absolute Gasteiger partial charge is 0.492 e. The van der Waals surface area contributed by atoms with Crippen molar-refractivity contribution in [1.82, 2.24) is 5.16 Å². The van der Waals surface area contributed by atoms with E-state index in [4.69, 9.17) is 9.26 Å². The van der Waals surface area contributed by atoms with E-state index in [-0.39, 0.29) is 16.6 Å². The minimum Gasteiger partial charge on any atom is -0.492 e. The average molecular weight is 556 g/mol. The number of benzene rings is 3. The van der Waals surface area contributed by atoms with Gasteiger partial charge >= 0.3 is 0 Å². The molecule has 2 N–H and O–H groups in total. The zero-order valence-electron chi connectivity index (χ0n) is 18.7. The Hall–Kier alpha value is -3.63. The number of hydrogen-bond acceptors (Lipinski definition) is 6. The van der Waals surface area contributed by atoms with Crippen LogP contribution in [0.1, 0.15) is 21.7 Å². The summed E-state index contributed by atoms with van der Waals surface area (Å²) < 4.78 is 38.7. The number of carbonyl (C=O) groups excluding carboxylic acids is 1. The van der Waals surface area contributed by atoms with Crippen molar-refractivity contribution in [1.29, 1.82) is 0 Å². The van der Waals surface area contributed by atoms with Crippen molar-refractivity contribution in [2.45, 2.75) is 18.2 Å². The fourth-order valence-electron chi connectivity index (χ4n) is 3.21. The Balaban J connectivity index is 1.35. The molecular weight excluding hydrogens is 534 g/mol. The van der Waals surface area contributed by atoms with Crippen LogP contribution in [-0.2, 0) is 16.4 Å². The lowest BCUT2D eigenvalue weighted by Gasteiger charge is -2.11. The highest BCUT2D eigenvalue weighted by Gasteiger charge is 2.17. The van der Waals surface area contributed by atoms with Crippen molar-refractivity contribution in [3.05, 3.63) is 100 Å². The number of anilines is 2. The van der Waals surface area contributed by atoms with Crippen LogP contribution in [0, 0.1) is 6.92 Å². The van der Waals surface area contributed by atoms with Crippen molar-refractivity contribution in [3.8, 4) is 5.75 Å². The third-order valence-electron chi connectivity index (χ3n) is 4.97. The molecule has 1 aromatic heterocycles. The molecule has 1 heterocycles. The van der Waals surface area contributed by atoms with E-state index in [0.29, 0.717) is 33.8 Å². The number of halogens is 1. The molecule has 3 aromatic carbocycles. The maximum Gasteiger partial charge on any atom is 0.263 e. The monoisotopic (exact) mass is 555 g/mol. The molecule has 0 aliphatic carbocycles. The zero-order chi connectivity index (χ0) is 24.8. The molecule has 0 saturated carbocycles. The van der Waals surface area contributed by atoms with E-state index < -0.39 is 10.0 Å². The van der Waals surface area contributed by atoms with Crippen LogP contribution in [0.4, 0.5) is 11.5 Å². The van der Waals surface area contributed by atoms with Gasteiger partial charge in [-0.3, -0.25) is 9.52 Å². The van der Waals surface area contributed by atoms with E-state index >= 15 is 0 Å². The van der Waals surface area contributed by atoms with Gasteiger partial charge in [0.05, 0.1) is 16.0 Å². The van der Waals surface area contributed by atoms with Gasteiger partial charge < -0.3 is 14.6 Å². The van der Waals surface area contributed by atoms with Crippen molar-refractivity contribution in [3.63, 3.8) is 0 Å². The summed E-state index contributed by atoms with van der Waals surface area (Å²) in [4.78, 5) is 12.7. The van der Waals surface area contributed by atoms with Gasteiger partial charge in [0.15, 0.2) is 5.82 Å². The molecule has 0 saturated heterocycles. The summed E-state index contributed by atoms with van der Waals surface area (Å²) in [6, 6.07) is 22.4. The zero-order valence-corrected chi connectivity index (χ0v) is 21.1. The number of rotatable bonds is 9. The second-order valence-electron chi connectivity index (χ2n) is 7.64. The minimum absolute atomic E-state index is 0.0240. The predicted octanol–water partition coefficient (Wildman–Crippen LogP) is 5.42. The highest BCUT2D eigenvalue weighted by Crippen LogP contribution is 2.27. The van der Waals surface area contributed by atoms with E-state index in [1.807, 2.05) is 30.3 Å². The van der Waals surface area contributed by atoms with Gasteiger partial charge in [0.2, 0.25) is 0 Å². The average Bonchev–Trinajstić information content (AvgIpc) is 3.24. The number of ether oxygens (including phenoxy) is 1. The summed E-state index contributed by atoms with van der Waals surface area (Å²) in [6.45, 7) is 2.17. The van der Waals surface area contributed by atoms with Gasteiger partial charge in [-0.05, 0) is 70.9 Å². The quantitative estimate of drug-likeness (QED) is 0.285. The second kappa shape index (κ2) is 10.7. The lowest BCUT2D eigenvalue weighted by Crippen LogP contribution is -2.14. The number of aromatic nitrogens is 1. The molecular formula is C25H22BrN3O5S. The van der Waals surface area contributed by atoms with E-state index in [1.54, 1.807) is 25.1 Å². The van der Waals surface area contributed by atoms with Gasteiger partial charge in [0, 0.05) is 23.7 Å². The highest BCUT2D eigenvalue weighted by molar-refractivity contribution is 9.10. The van der Waals surface area contributed by atoms with E-state index in [0.717, 1.165) is 6.42 Å². The standard InChI is InChI=1S/C25H22BrN3O5S/c1-17-15-24(28-34-17)29-35(31,32)21-10-8-20(9-11-21)27-25(30)19-7-12-23(22(26)16-19)33-14-13-18-5-3-2-4-6-18/h2-12,15-16H,13-14H2,1H3,(H,27,30)(H,28,29). The third-order valence-corrected chi connectivity index (χ3v) is 6.96. The van der Waals surface area contributed by atoms with Gasteiger partial charge in [-0.1, -0.05) is 35.5 Å². The van der Waals surface area contributed by atoms with Gasteiger partial charge in [-0.2, -0.15) is 0 Å². The van der Waals surface area contributed by atoms with Crippen molar-refractivity contribution < 1.29 is 22.5 Å². The Labute approximate surface area is 211 Å². The molecule has 1 amide bonds. The number of nitrogens with zero attached hydrogens (tertiary/aromatic N) is 1. The third kappa shape index (κ3) is 6.49. The summed E-state index contributed by atoms with van der Waals surface area (Å²) in [5.74, 6) is 0.882. The topological polar surface area (TPSA) is 111 Å². The first kappa shape index (κ1) is 24.5. The fourth-order valence-corrected chi connectivity index (χ4v) is 4.69. The molecule has 0 aliphatic rings. The molecule has 8 nitrogen and oxygen atoms in total. The van der Waals surface area contributed by atoms with E-state index in [2.05, 4.69) is 31.1 Å². The number of nitrogens with one attached hydrogen (secondary N) is 2. The molecule has 0 bridgehead atoms. The molecule has 0 fully saturated rings. The smallest absolute Gasteiger partial charge is 0.263 e. The molecule has 4 rings (SSSR count). The lowest BCUT2D eigenvalue weighted by atomic mass is 10.1. The fraction of sp³-hybridized carbons (Fsp3) is 0.120. The van der Waals surface area contributed by atoms with Gasteiger partial charge in [0.25, 0.3) is 15.9 Å². The molecule has 35 heavy (non-hydrogen) atoms. The molecule has 4 aromatic rings. The maximum absolute atomic E-state index is 12.7. The molecule has 180 valence electrons. The van der Waals surface area contributed by atoms with E-state index in [9.17, 15) is 13.2 Å². The Bertz CT molecular complexity index is 1420. The molecule has 0 spiro atoms. The number of aryl methyl sites for hydroxylation is 1. The van der Waals surface area contributed by atoms with Gasteiger partial charge in [-0.15, -0.1) is 0 Å². The molecule has 0 atom stereocenters. The predicted molar refractivity (Wildman–Crippen MR) is 136 cm³/mol. The summed E-state index contributed by atoms with van der Waals surface area (Å²) in [5.41, 5.74) is 2.06. The first-order valence-corrected chi connectivity index (χ1v) is 12.9. The van der Waals surface area contributed by atoms with Crippen molar-refractivity contribution >= 4 is 43.4 Å². The minimum atomic E-state index is -3.84. The number of sulfonamides is 1. The summed E-state index contributed by atoms with van der Waals surface area (Å²) in [6.07, 6.45) is 0.773. The second-order valence-corrected chi connectivity index (χ2v) is 10.2. The normalized spacial score (nSPS) is 11.1. The van der Waals surface area contributed by atoms with Crippen LogP contribution in [0.15, 0.2) is 92.8 Å². The molecule has 0 aliphatic heterocycles. The van der Waals surface area contributed by atoms with Crippen LogP contribution in [0.5, 0.6) is 5.75 Å². The van der Waals surface area contributed by atoms with Crippen molar-refractivity contribution in [2.24, 2.45) is 0 Å². The van der Waals surface area contributed by atoms with Crippen LogP contribution in [0.3, 0.4) is 0 Å². The Morgan fingerprint density at radius 2 is 1.77 bits per heavy atom. The number of amides is 1. The Morgan fingerprint density at radius 3 is 2.43 bits per heavy atom. The van der Waals surface area contributed by atoms with E-state index in [1.165, 1.54) is 35.9 Å². The molecule has 0 unspecified atom stereocenters. The highest BCUT2D eigenvalue weighted by atomic mass is 79.9. The first-order chi connectivity index (χ1) is 16.8.